The highest BCUT2D eigenvalue weighted by molar-refractivity contribution is 5.93. The molecule has 0 aromatic heterocycles. The molecule has 1 aromatic rings. The zero-order valence-electron chi connectivity index (χ0n) is 11.1. The molecule has 0 fully saturated rings. The van der Waals surface area contributed by atoms with Crippen molar-refractivity contribution in [1.82, 2.24) is 0 Å². The SMILES string of the molecule is CCN(C(=O)CCOCC(F)(F)F)c1cccc(N)c1. The van der Waals surface area contributed by atoms with Gasteiger partial charge in [0.15, 0.2) is 0 Å². The lowest BCUT2D eigenvalue weighted by atomic mass is 10.2. The minimum atomic E-state index is -4.37. The molecule has 4 nitrogen and oxygen atoms in total. The van der Waals surface area contributed by atoms with Crippen molar-refractivity contribution in [3.8, 4) is 0 Å². The van der Waals surface area contributed by atoms with E-state index in [1.807, 2.05) is 0 Å². The lowest BCUT2D eigenvalue weighted by Gasteiger charge is -2.21. The summed E-state index contributed by atoms with van der Waals surface area (Å²) in [6, 6.07) is 6.75. The maximum Gasteiger partial charge on any atom is 0.411 e. The van der Waals surface area contributed by atoms with E-state index in [9.17, 15) is 18.0 Å². The number of benzene rings is 1. The predicted octanol–water partition coefficient (Wildman–Crippen LogP) is 2.59. The van der Waals surface area contributed by atoms with E-state index in [0.717, 1.165) is 0 Å². The molecule has 112 valence electrons. The van der Waals surface area contributed by atoms with Gasteiger partial charge in [0.1, 0.15) is 6.61 Å². The van der Waals surface area contributed by atoms with E-state index >= 15 is 0 Å². The number of amides is 1. The standard InChI is InChI=1S/C13H17F3N2O2/c1-2-18(11-5-3-4-10(17)8-11)12(19)6-7-20-9-13(14,15)16/h3-5,8H,2,6-7,9,17H2,1H3. The fourth-order valence-electron chi connectivity index (χ4n) is 1.68. The highest BCUT2D eigenvalue weighted by atomic mass is 19.4. The van der Waals surface area contributed by atoms with Crippen LogP contribution in [0, 0.1) is 0 Å². The summed E-state index contributed by atoms with van der Waals surface area (Å²) < 4.78 is 40.1. The van der Waals surface area contributed by atoms with Crippen LogP contribution in [0.5, 0.6) is 0 Å². The number of carbonyl (C=O) groups is 1. The summed E-state index contributed by atoms with van der Waals surface area (Å²) in [6.45, 7) is 0.571. The van der Waals surface area contributed by atoms with Crippen molar-refractivity contribution in [3.05, 3.63) is 24.3 Å². The number of rotatable bonds is 6. The van der Waals surface area contributed by atoms with Gasteiger partial charge in [-0.15, -0.1) is 0 Å². The molecule has 1 amide bonds. The number of carbonyl (C=O) groups excluding carboxylic acids is 1. The first-order valence-electron chi connectivity index (χ1n) is 6.14. The summed E-state index contributed by atoms with van der Waals surface area (Å²) in [5, 5.41) is 0. The molecule has 0 bridgehead atoms. The Kier molecular flexibility index (Phi) is 5.82. The first kappa shape index (κ1) is 16.3. The number of hydrogen-bond donors (Lipinski definition) is 1. The van der Waals surface area contributed by atoms with Gasteiger partial charge >= 0.3 is 6.18 Å². The van der Waals surface area contributed by atoms with Crippen LogP contribution in [-0.2, 0) is 9.53 Å². The van der Waals surface area contributed by atoms with Crippen LogP contribution in [-0.4, -0.2) is 31.8 Å². The number of nitrogens with two attached hydrogens (primary N) is 1. The summed E-state index contributed by atoms with van der Waals surface area (Å²) in [5.41, 5.74) is 6.77. The number of alkyl halides is 3. The Labute approximate surface area is 115 Å². The lowest BCUT2D eigenvalue weighted by molar-refractivity contribution is -0.174. The molecule has 1 rings (SSSR count). The fourth-order valence-corrected chi connectivity index (χ4v) is 1.68. The largest absolute Gasteiger partial charge is 0.411 e. The molecule has 0 spiro atoms. The first-order valence-corrected chi connectivity index (χ1v) is 6.14. The zero-order valence-corrected chi connectivity index (χ0v) is 11.1. The number of ether oxygens (including phenoxy) is 1. The molecule has 0 radical (unpaired) electrons. The molecular weight excluding hydrogens is 273 g/mol. The maximum atomic E-state index is 11.9. The van der Waals surface area contributed by atoms with E-state index in [2.05, 4.69) is 4.74 Å². The van der Waals surface area contributed by atoms with Crippen LogP contribution in [0.1, 0.15) is 13.3 Å². The third-order valence-corrected chi connectivity index (χ3v) is 2.53. The molecule has 0 unspecified atom stereocenters. The van der Waals surface area contributed by atoms with Gasteiger partial charge in [-0.3, -0.25) is 4.79 Å². The van der Waals surface area contributed by atoms with Gasteiger partial charge in [0.25, 0.3) is 0 Å². The molecule has 1 aromatic carbocycles. The molecule has 20 heavy (non-hydrogen) atoms. The Morgan fingerprint density at radius 3 is 2.65 bits per heavy atom. The third kappa shape index (κ3) is 5.48. The summed E-state index contributed by atoms with van der Waals surface area (Å²) >= 11 is 0. The lowest BCUT2D eigenvalue weighted by Crippen LogP contribution is -2.31. The maximum absolute atomic E-state index is 11.9. The van der Waals surface area contributed by atoms with E-state index in [1.54, 1.807) is 31.2 Å². The van der Waals surface area contributed by atoms with Gasteiger partial charge < -0.3 is 15.4 Å². The van der Waals surface area contributed by atoms with Gasteiger partial charge in [0.05, 0.1) is 13.0 Å². The molecule has 0 saturated heterocycles. The Morgan fingerprint density at radius 2 is 2.10 bits per heavy atom. The van der Waals surface area contributed by atoms with Crippen LogP contribution >= 0.6 is 0 Å². The average molecular weight is 290 g/mol. The first-order chi connectivity index (χ1) is 9.33. The summed E-state index contributed by atoms with van der Waals surface area (Å²) in [7, 11) is 0. The van der Waals surface area contributed by atoms with Crippen molar-refractivity contribution in [2.24, 2.45) is 0 Å². The zero-order chi connectivity index (χ0) is 15.2. The topological polar surface area (TPSA) is 55.6 Å². The van der Waals surface area contributed by atoms with Gasteiger partial charge in [-0.1, -0.05) is 6.07 Å². The van der Waals surface area contributed by atoms with E-state index in [4.69, 9.17) is 5.73 Å². The smallest absolute Gasteiger partial charge is 0.399 e. The van der Waals surface area contributed by atoms with Crippen molar-refractivity contribution < 1.29 is 22.7 Å². The van der Waals surface area contributed by atoms with E-state index in [-0.39, 0.29) is 18.9 Å². The highest BCUT2D eigenvalue weighted by Crippen LogP contribution is 2.18. The molecule has 0 saturated carbocycles. The number of halogens is 3. The van der Waals surface area contributed by atoms with Crippen molar-refractivity contribution in [2.45, 2.75) is 19.5 Å². The van der Waals surface area contributed by atoms with Gasteiger partial charge in [-0.25, -0.2) is 0 Å². The molecule has 0 aliphatic carbocycles. The van der Waals surface area contributed by atoms with E-state index in [0.29, 0.717) is 17.9 Å². The summed E-state index contributed by atoms with van der Waals surface area (Å²) in [4.78, 5) is 13.4. The van der Waals surface area contributed by atoms with Crippen LogP contribution in [0.2, 0.25) is 0 Å². The molecular formula is C13H17F3N2O2. The molecule has 7 heteroatoms. The molecule has 0 aliphatic heterocycles. The Morgan fingerprint density at radius 1 is 1.40 bits per heavy atom. The minimum absolute atomic E-state index is 0.112. The van der Waals surface area contributed by atoms with Crippen molar-refractivity contribution >= 4 is 17.3 Å². The van der Waals surface area contributed by atoms with Crippen LogP contribution < -0.4 is 10.6 Å². The number of nitrogens with zero attached hydrogens (tertiary/aromatic N) is 1. The van der Waals surface area contributed by atoms with Crippen molar-refractivity contribution in [3.63, 3.8) is 0 Å². The minimum Gasteiger partial charge on any atom is -0.399 e. The predicted molar refractivity (Wildman–Crippen MR) is 70.4 cm³/mol. The fraction of sp³-hybridized carbons (Fsp3) is 0.462. The number of anilines is 2. The van der Waals surface area contributed by atoms with Crippen LogP contribution in [0.4, 0.5) is 24.5 Å². The second-order valence-electron chi connectivity index (χ2n) is 4.15. The molecule has 0 aliphatic rings. The van der Waals surface area contributed by atoms with Gasteiger partial charge in [-0.05, 0) is 25.1 Å². The summed E-state index contributed by atoms with van der Waals surface area (Å²) in [6.07, 6.45) is -4.49. The van der Waals surface area contributed by atoms with Crippen LogP contribution in [0.25, 0.3) is 0 Å². The van der Waals surface area contributed by atoms with Gasteiger partial charge in [0, 0.05) is 17.9 Å². The monoisotopic (exact) mass is 290 g/mol. The average Bonchev–Trinajstić information content (AvgIpc) is 2.34. The van der Waals surface area contributed by atoms with Crippen LogP contribution in [0.15, 0.2) is 24.3 Å². The number of hydrogen-bond acceptors (Lipinski definition) is 3. The Bertz CT molecular complexity index is 449. The van der Waals surface area contributed by atoms with Crippen molar-refractivity contribution in [2.75, 3.05) is 30.4 Å². The second kappa shape index (κ2) is 7.14. The van der Waals surface area contributed by atoms with E-state index < -0.39 is 12.8 Å². The van der Waals surface area contributed by atoms with Crippen LogP contribution in [0.3, 0.4) is 0 Å². The van der Waals surface area contributed by atoms with Gasteiger partial charge in [0.2, 0.25) is 5.91 Å². The molecule has 0 heterocycles. The third-order valence-electron chi connectivity index (χ3n) is 2.53. The summed E-state index contributed by atoms with van der Waals surface area (Å²) in [5.74, 6) is -0.305. The molecule has 0 atom stereocenters. The highest BCUT2D eigenvalue weighted by Gasteiger charge is 2.27. The Hall–Kier alpha value is -1.76. The van der Waals surface area contributed by atoms with Crippen molar-refractivity contribution in [1.29, 1.82) is 0 Å². The molecule has 2 N–H and O–H groups in total. The Balaban J connectivity index is 2.52. The number of nitrogen functional groups attached to an aromatic ring is 1. The normalized spacial score (nSPS) is 11.4. The quantitative estimate of drug-likeness (QED) is 0.647. The second-order valence-corrected chi connectivity index (χ2v) is 4.15. The van der Waals surface area contributed by atoms with E-state index in [1.165, 1.54) is 4.90 Å². The van der Waals surface area contributed by atoms with Gasteiger partial charge in [-0.2, -0.15) is 13.2 Å².